The predicted molar refractivity (Wildman–Crippen MR) is 105 cm³/mol. The lowest BCUT2D eigenvalue weighted by atomic mass is 10.0. The van der Waals surface area contributed by atoms with Crippen LogP contribution in [0.2, 0.25) is 0 Å². The Morgan fingerprint density at radius 1 is 1.24 bits per heavy atom. The van der Waals surface area contributed by atoms with Crippen LogP contribution in [0, 0.1) is 5.92 Å². The number of hydrogen-bond acceptors (Lipinski definition) is 3. The van der Waals surface area contributed by atoms with Gasteiger partial charge in [-0.05, 0) is 56.0 Å². The lowest BCUT2D eigenvalue weighted by Crippen LogP contribution is -2.46. The van der Waals surface area contributed by atoms with Gasteiger partial charge in [0.05, 0.1) is 7.11 Å². The molecule has 1 aliphatic rings. The Hall–Kier alpha value is -1.75. The molecule has 0 spiro atoms. The summed E-state index contributed by atoms with van der Waals surface area (Å²) < 4.78 is 5.28. The Kier molecular flexibility index (Phi) is 8.06. The molecule has 1 fully saturated rings. The van der Waals surface area contributed by atoms with Crippen molar-refractivity contribution in [2.45, 2.75) is 45.7 Å². The molecule has 1 atom stereocenters. The number of aliphatic imine (C=N–C) groups is 1. The molecule has 0 radical (unpaired) electrons. The third-order valence-electron chi connectivity index (χ3n) is 4.72. The summed E-state index contributed by atoms with van der Waals surface area (Å²) in [6.45, 7) is 8.74. The average molecular weight is 347 g/mol. The quantitative estimate of drug-likeness (QED) is 0.561. The number of methoxy groups -OCH3 is 1. The average Bonchev–Trinajstić information content (AvgIpc) is 3.15. The zero-order valence-electron chi connectivity index (χ0n) is 16.2. The van der Waals surface area contributed by atoms with Crippen LogP contribution in [-0.4, -0.2) is 50.7 Å². The summed E-state index contributed by atoms with van der Waals surface area (Å²) in [5, 5.41) is 6.92. The molecule has 2 rings (SSSR count). The molecule has 0 aromatic heterocycles. The Morgan fingerprint density at radius 2 is 2.00 bits per heavy atom. The maximum absolute atomic E-state index is 5.28. The van der Waals surface area contributed by atoms with Gasteiger partial charge in [-0.1, -0.05) is 26.0 Å². The monoisotopic (exact) mass is 346 g/mol. The van der Waals surface area contributed by atoms with Gasteiger partial charge in [-0.15, -0.1) is 0 Å². The minimum atomic E-state index is 0.581. The first-order valence-electron chi connectivity index (χ1n) is 9.44. The highest BCUT2D eigenvalue weighted by Gasteiger charge is 2.22. The molecule has 25 heavy (non-hydrogen) atoms. The summed E-state index contributed by atoms with van der Waals surface area (Å²) in [6, 6.07) is 8.69. The summed E-state index contributed by atoms with van der Waals surface area (Å²) in [5.74, 6) is 2.45. The van der Waals surface area contributed by atoms with Crippen LogP contribution in [0.25, 0.3) is 0 Å². The molecule has 1 heterocycles. The smallest absolute Gasteiger partial charge is 0.191 e. The molecule has 2 N–H and O–H groups in total. The highest BCUT2D eigenvalue weighted by Crippen LogP contribution is 2.17. The van der Waals surface area contributed by atoms with Crippen LogP contribution in [-0.2, 0) is 6.54 Å². The van der Waals surface area contributed by atoms with Crippen LogP contribution in [0.3, 0.4) is 0 Å². The number of benzene rings is 1. The van der Waals surface area contributed by atoms with E-state index in [0.717, 1.165) is 24.8 Å². The molecule has 5 heteroatoms. The molecule has 0 saturated carbocycles. The van der Waals surface area contributed by atoms with E-state index in [0.29, 0.717) is 12.0 Å². The van der Waals surface area contributed by atoms with Crippen LogP contribution >= 0.6 is 0 Å². The molecule has 5 nitrogen and oxygen atoms in total. The summed E-state index contributed by atoms with van der Waals surface area (Å²) in [6.07, 6.45) is 3.88. The van der Waals surface area contributed by atoms with E-state index in [1.165, 1.54) is 37.9 Å². The Morgan fingerprint density at radius 3 is 2.64 bits per heavy atom. The largest absolute Gasteiger partial charge is 0.497 e. The summed E-state index contributed by atoms with van der Waals surface area (Å²) in [7, 11) is 3.52. The first-order valence-corrected chi connectivity index (χ1v) is 9.44. The third-order valence-corrected chi connectivity index (χ3v) is 4.72. The zero-order valence-corrected chi connectivity index (χ0v) is 16.2. The van der Waals surface area contributed by atoms with Gasteiger partial charge >= 0.3 is 0 Å². The number of nitrogens with zero attached hydrogens (tertiary/aromatic N) is 2. The van der Waals surface area contributed by atoms with Gasteiger partial charge in [-0.2, -0.15) is 0 Å². The van der Waals surface area contributed by atoms with E-state index < -0.39 is 0 Å². The van der Waals surface area contributed by atoms with E-state index in [-0.39, 0.29) is 0 Å². The van der Waals surface area contributed by atoms with E-state index in [9.17, 15) is 0 Å². The van der Waals surface area contributed by atoms with E-state index in [2.05, 4.69) is 40.4 Å². The highest BCUT2D eigenvalue weighted by atomic mass is 16.5. The first kappa shape index (κ1) is 19.6. The van der Waals surface area contributed by atoms with Crippen molar-refractivity contribution < 1.29 is 4.74 Å². The Labute approximate surface area is 152 Å². The molecule has 1 aromatic carbocycles. The van der Waals surface area contributed by atoms with Crippen molar-refractivity contribution in [3.8, 4) is 5.75 Å². The molecule has 0 aliphatic carbocycles. The molecule has 0 bridgehead atoms. The molecular weight excluding hydrogens is 312 g/mol. The van der Waals surface area contributed by atoms with Crippen LogP contribution < -0.4 is 15.4 Å². The number of likely N-dealkylation sites (tertiary alicyclic amines) is 1. The van der Waals surface area contributed by atoms with Crippen molar-refractivity contribution in [2.24, 2.45) is 10.9 Å². The van der Waals surface area contributed by atoms with Crippen LogP contribution in [0.4, 0.5) is 0 Å². The van der Waals surface area contributed by atoms with Crippen molar-refractivity contribution in [2.75, 3.05) is 33.8 Å². The summed E-state index contributed by atoms with van der Waals surface area (Å²) >= 11 is 0. The Bertz CT molecular complexity index is 538. The lowest BCUT2D eigenvalue weighted by molar-refractivity contribution is 0.213. The maximum Gasteiger partial charge on any atom is 0.191 e. The van der Waals surface area contributed by atoms with Crippen LogP contribution in [0.1, 0.15) is 38.7 Å². The van der Waals surface area contributed by atoms with Gasteiger partial charge in [0.15, 0.2) is 5.96 Å². The maximum atomic E-state index is 5.28. The van der Waals surface area contributed by atoms with Crippen molar-refractivity contribution in [1.82, 2.24) is 15.5 Å². The molecule has 1 aromatic rings. The van der Waals surface area contributed by atoms with Gasteiger partial charge in [0.25, 0.3) is 0 Å². The number of hydrogen-bond donors (Lipinski definition) is 2. The molecule has 140 valence electrons. The summed E-state index contributed by atoms with van der Waals surface area (Å²) in [4.78, 5) is 7.00. The molecule has 1 aliphatic heterocycles. The molecule has 1 saturated heterocycles. The van der Waals surface area contributed by atoms with Crippen molar-refractivity contribution in [3.63, 3.8) is 0 Å². The molecule has 1 unspecified atom stereocenters. The van der Waals surface area contributed by atoms with E-state index >= 15 is 0 Å². The van der Waals surface area contributed by atoms with E-state index in [1.54, 1.807) is 7.11 Å². The number of ether oxygens (including phenoxy) is 1. The van der Waals surface area contributed by atoms with E-state index in [1.807, 2.05) is 25.2 Å². The molecular formula is C20H34N4O. The second-order valence-corrected chi connectivity index (χ2v) is 7.18. The fraction of sp³-hybridized carbons (Fsp3) is 0.650. The second-order valence-electron chi connectivity index (χ2n) is 7.18. The van der Waals surface area contributed by atoms with Crippen LogP contribution in [0.15, 0.2) is 29.3 Å². The fourth-order valence-electron chi connectivity index (χ4n) is 3.42. The van der Waals surface area contributed by atoms with Gasteiger partial charge in [0.1, 0.15) is 5.75 Å². The number of nitrogens with one attached hydrogen (secondary N) is 2. The predicted octanol–water partition coefficient (Wildman–Crippen LogP) is 2.87. The highest BCUT2D eigenvalue weighted by molar-refractivity contribution is 5.79. The minimum Gasteiger partial charge on any atom is -0.497 e. The van der Waals surface area contributed by atoms with Crippen LogP contribution in [0.5, 0.6) is 5.75 Å². The van der Waals surface area contributed by atoms with Gasteiger partial charge < -0.3 is 15.4 Å². The third kappa shape index (κ3) is 6.58. The first-order chi connectivity index (χ1) is 12.1. The Balaban J connectivity index is 1.85. The van der Waals surface area contributed by atoms with Crippen molar-refractivity contribution in [1.29, 1.82) is 0 Å². The SMILES string of the molecule is CN=C(NCc1cccc(OC)c1)NCC(CC(C)C)N1CCCC1. The molecule has 0 amide bonds. The fourth-order valence-corrected chi connectivity index (χ4v) is 3.42. The zero-order chi connectivity index (χ0) is 18.1. The van der Waals surface area contributed by atoms with E-state index in [4.69, 9.17) is 4.74 Å². The number of guanidine groups is 1. The topological polar surface area (TPSA) is 48.9 Å². The standard InChI is InChI=1S/C20H34N4O/c1-16(2)12-18(24-10-5-6-11-24)15-23-20(21-3)22-14-17-8-7-9-19(13-17)25-4/h7-9,13,16,18H,5-6,10-12,14-15H2,1-4H3,(H2,21,22,23). The summed E-state index contributed by atoms with van der Waals surface area (Å²) in [5.41, 5.74) is 1.18. The van der Waals surface area contributed by atoms with Crippen molar-refractivity contribution >= 4 is 5.96 Å². The van der Waals surface area contributed by atoms with Gasteiger partial charge in [-0.3, -0.25) is 9.89 Å². The van der Waals surface area contributed by atoms with Gasteiger partial charge in [0, 0.05) is 26.2 Å². The lowest BCUT2D eigenvalue weighted by Gasteiger charge is -2.29. The minimum absolute atomic E-state index is 0.581. The van der Waals surface area contributed by atoms with Crippen molar-refractivity contribution in [3.05, 3.63) is 29.8 Å². The van der Waals surface area contributed by atoms with Gasteiger partial charge in [0.2, 0.25) is 0 Å². The number of rotatable bonds is 8. The normalized spacial score (nSPS) is 16.9. The van der Waals surface area contributed by atoms with Gasteiger partial charge in [-0.25, -0.2) is 0 Å². The second kappa shape index (κ2) is 10.3.